The topological polar surface area (TPSA) is 106 Å². The van der Waals surface area contributed by atoms with Crippen LogP contribution in [0.2, 0.25) is 0 Å². The molecule has 0 bridgehead atoms. The number of aromatic carboxylic acids is 1. The van der Waals surface area contributed by atoms with E-state index in [0.29, 0.717) is 58.1 Å². The number of ketones is 1. The number of amides is 1. The number of carbonyl (C=O) groups is 3. The van der Waals surface area contributed by atoms with Crippen molar-refractivity contribution in [2.75, 3.05) is 14.2 Å². The molecule has 3 heterocycles. The summed E-state index contributed by atoms with van der Waals surface area (Å²) in [6.07, 6.45) is 0.919. The Morgan fingerprint density at radius 3 is 2.51 bits per heavy atom. The minimum atomic E-state index is -1.12. The number of rotatable bonds is 5. The first-order chi connectivity index (χ1) is 18.4. The monoisotopic (exact) mass is 530 g/mol. The standard InChI is InChI=1S/C31H34N2O6/c1-15(2)27-28-26(29(35)33(27)6)25(24-20(34)13-31(4,5)14-22(24)39-28)23-16(3)17(11-12-21(23)38-7)18-9-8-10-19(32-18)30(36)37/h8-12,15,25,27H,13-14H2,1-7H3,(H,36,37)/t25-,27-/m1/s1. The molecule has 8 nitrogen and oxygen atoms in total. The summed E-state index contributed by atoms with van der Waals surface area (Å²) in [5, 5.41) is 9.51. The maximum Gasteiger partial charge on any atom is 0.354 e. The number of carboxylic acid groups (broad SMARTS) is 1. The molecule has 2 atom stereocenters. The lowest BCUT2D eigenvalue weighted by Gasteiger charge is -2.39. The molecule has 3 aliphatic rings. The van der Waals surface area contributed by atoms with Gasteiger partial charge in [-0.3, -0.25) is 9.59 Å². The Kier molecular flexibility index (Phi) is 6.40. The molecule has 1 aliphatic carbocycles. The second-order valence-electron chi connectivity index (χ2n) is 11.8. The number of pyridine rings is 1. The molecule has 0 unspecified atom stereocenters. The molecule has 39 heavy (non-hydrogen) atoms. The van der Waals surface area contributed by atoms with Crippen LogP contribution in [0.4, 0.5) is 0 Å². The molecule has 2 aliphatic heterocycles. The SMILES string of the molecule is COc1ccc(-c2cccc(C(=O)O)n2)c(C)c1[C@@H]1C2=C(CC(C)(C)CC2=O)OC2=C1C(=O)N(C)[C@@H]2C(C)C. The smallest absolute Gasteiger partial charge is 0.354 e. The lowest BCUT2D eigenvalue weighted by atomic mass is 9.68. The third-order valence-electron chi connectivity index (χ3n) is 8.05. The number of nitrogens with zero attached hydrogens (tertiary/aromatic N) is 2. The first-order valence-electron chi connectivity index (χ1n) is 13.2. The number of ether oxygens (including phenoxy) is 2. The highest BCUT2D eigenvalue weighted by Gasteiger charge is 2.52. The number of Topliss-reactive ketones (excluding diaryl/α,β-unsaturated/α-hetero) is 1. The van der Waals surface area contributed by atoms with Crippen molar-refractivity contribution in [2.45, 2.75) is 59.4 Å². The van der Waals surface area contributed by atoms with Gasteiger partial charge in [-0.15, -0.1) is 0 Å². The molecule has 1 aromatic carbocycles. The normalized spacial score (nSPS) is 22.2. The van der Waals surface area contributed by atoms with E-state index in [4.69, 9.17) is 9.47 Å². The van der Waals surface area contributed by atoms with Crippen molar-refractivity contribution in [3.63, 3.8) is 0 Å². The van der Waals surface area contributed by atoms with Crippen LogP contribution in [0.5, 0.6) is 5.75 Å². The van der Waals surface area contributed by atoms with E-state index in [1.807, 2.05) is 13.0 Å². The van der Waals surface area contributed by atoms with Gasteiger partial charge in [0.25, 0.3) is 5.91 Å². The van der Waals surface area contributed by atoms with Crippen LogP contribution in [0, 0.1) is 18.3 Å². The van der Waals surface area contributed by atoms with Crippen LogP contribution in [0.15, 0.2) is 53.0 Å². The predicted molar refractivity (Wildman–Crippen MR) is 145 cm³/mol. The lowest BCUT2D eigenvalue weighted by molar-refractivity contribution is -0.126. The highest BCUT2D eigenvalue weighted by Crippen LogP contribution is 2.55. The molecular weight excluding hydrogens is 496 g/mol. The van der Waals surface area contributed by atoms with Crippen LogP contribution in [-0.2, 0) is 14.3 Å². The largest absolute Gasteiger partial charge is 0.496 e. The Morgan fingerprint density at radius 2 is 1.87 bits per heavy atom. The van der Waals surface area contributed by atoms with Crippen LogP contribution in [0.25, 0.3) is 11.3 Å². The summed E-state index contributed by atoms with van der Waals surface area (Å²) in [4.78, 5) is 45.4. The van der Waals surface area contributed by atoms with Gasteiger partial charge in [-0.05, 0) is 48.1 Å². The van der Waals surface area contributed by atoms with E-state index >= 15 is 0 Å². The molecule has 0 fully saturated rings. The summed E-state index contributed by atoms with van der Waals surface area (Å²) in [7, 11) is 3.34. The van der Waals surface area contributed by atoms with Crippen molar-refractivity contribution < 1.29 is 29.0 Å². The number of benzene rings is 1. The first-order valence-corrected chi connectivity index (χ1v) is 13.2. The van der Waals surface area contributed by atoms with Gasteiger partial charge in [-0.25, -0.2) is 9.78 Å². The molecule has 5 rings (SSSR count). The minimum Gasteiger partial charge on any atom is -0.496 e. The number of aromatic nitrogens is 1. The minimum absolute atomic E-state index is 0.0425. The first kappa shape index (κ1) is 26.7. The summed E-state index contributed by atoms with van der Waals surface area (Å²) < 4.78 is 12.4. The van der Waals surface area contributed by atoms with Gasteiger partial charge < -0.3 is 19.5 Å². The van der Waals surface area contributed by atoms with Crippen LogP contribution in [-0.4, -0.2) is 52.8 Å². The van der Waals surface area contributed by atoms with Crippen LogP contribution in [0.1, 0.15) is 68.1 Å². The zero-order chi connectivity index (χ0) is 28.4. The zero-order valence-corrected chi connectivity index (χ0v) is 23.4. The van der Waals surface area contributed by atoms with E-state index in [1.54, 1.807) is 37.3 Å². The van der Waals surface area contributed by atoms with Crippen LogP contribution in [0.3, 0.4) is 0 Å². The number of hydrogen-bond acceptors (Lipinski definition) is 6. The van der Waals surface area contributed by atoms with Crippen molar-refractivity contribution >= 4 is 17.7 Å². The summed E-state index contributed by atoms with van der Waals surface area (Å²) >= 11 is 0. The molecule has 0 saturated carbocycles. The number of carboxylic acids is 1. The Hall–Kier alpha value is -3.94. The second-order valence-corrected chi connectivity index (χ2v) is 11.8. The molecule has 8 heteroatoms. The Morgan fingerprint density at radius 1 is 1.15 bits per heavy atom. The number of allylic oxidation sites excluding steroid dienone is 2. The van der Waals surface area contributed by atoms with E-state index in [2.05, 4.69) is 32.7 Å². The average molecular weight is 531 g/mol. The van der Waals surface area contributed by atoms with Crippen molar-refractivity contribution in [1.29, 1.82) is 0 Å². The molecular formula is C31H34N2O6. The molecule has 0 radical (unpaired) electrons. The third kappa shape index (κ3) is 4.22. The van der Waals surface area contributed by atoms with Gasteiger partial charge in [0.2, 0.25) is 0 Å². The van der Waals surface area contributed by atoms with Gasteiger partial charge in [-0.2, -0.15) is 0 Å². The number of carbonyl (C=O) groups excluding carboxylic acids is 2. The van der Waals surface area contributed by atoms with Crippen molar-refractivity contribution in [3.8, 4) is 17.0 Å². The van der Waals surface area contributed by atoms with Crippen molar-refractivity contribution in [2.24, 2.45) is 11.3 Å². The predicted octanol–water partition coefficient (Wildman–Crippen LogP) is 5.27. The van der Waals surface area contributed by atoms with Crippen molar-refractivity contribution in [3.05, 3.63) is 69.8 Å². The Bertz CT molecular complexity index is 1480. The van der Waals surface area contributed by atoms with Gasteiger partial charge in [0, 0.05) is 36.6 Å². The van der Waals surface area contributed by atoms with Gasteiger partial charge in [0.15, 0.2) is 5.78 Å². The van der Waals surface area contributed by atoms with Gasteiger partial charge in [-0.1, -0.05) is 33.8 Å². The maximum atomic E-state index is 13.9. The molecule has 1 N–H and O–H groups in total. The van der Waals surface area contributed by atoms with E-state index in [-0.39, 0.29) is 34.8 Å². The zero-order valence-electron chi connectivity index (χ0n) is 23.4. The number of methoxy groups -OCH3 is 1. The van der Waals surface area contributed by atoms with E-state index in [1.165, 1.54) is 6.07 Å². The van der Waals surface area contributed by atoms with Crippen LogP contribution < -0.4 is 4.74 Å². The molecule has 2 aromatic rings. The number of likely N-dealkylation sites (N-methyl/N-ethyl adjacent to an activating group) is 1. The molecule has 204 valence electrons. The van der Waals surface area contributed by atoms with Crippen LogP contribution >= 0.6 is 0 Å². The Balaban J connectivity index is 1.80. The quantitative estimate of drug-likeness (QED) is 0.561. The molecule has 0 spiro atoms. The van der Waals surface area contributed by atoms with Crippen molar-refractivity contribution in [1.82, 2.24) is 9.88 Å². The highest BCUT2D eigenvalue weighted by atomic mass is 16.5. The fourth-order valence-electron chi connectivity index (χ4n) is 6.37. The summed E-state index contributed by atoms with van der Waals surface area (Å²) in [5.74, 6) is -0.155. The van der Waals surface area contributed by atoms with Gasteiger partial charge in [0.1, 0.15) is 23.0 Å². The molecule has 1 amide bonds. The van der Waals surface area contributed by atoms with Gasteiger partial charge >= 0.3 is 5.97 Å². The average Bonchev–Trinajstić information content (AvgIpc) is 3.11. The second kappa shape index (κ2) is 9.36. The van der Waals surface area contributed by atoms with E-state index < -0.39 is 11.9 Å². The Labute approximate surface area is 228 Å². The molecule has 0 saturated heterocycles. The number of hydrogen-bond donors (Lipinski definition) is 1. The summed E-state index contributed by atoms with van der Waals surface area (Å²) in [6, 6.07) is 8.22. The maximum absolute atomic E-state index is 13.9. The fourth-order valence-corrected chi connectivity index (χ4v) is 6.37. The van der Waals surface area contributed by atoms with Gasteiger partial charge in [0.05, 0.1) is 30.3 Å². The molecule has 1 aromatic heterocycles. The highest BCUT2D eigenvalue weighted by molar-refractivity contribution is 6.07. The summed E-state index contributed by atoms with van der Waals surface area (Å²) in [5.41, 5.74) is 3.27. The fraction of sp³-hybridized carbons (Fsp3) is 0.419. The third-order valence-corrected chi connectivity index (χ3v) is 8.05. The van der Waals surface area contributed by atoms with E-state index in [0.717, 1.165) is 5.56 Å². The lowest BCUT2D eigenvalue weighted by Crippen LogP contribution is -2.36. The van der Waals surface area contributed by atoms with E-state index in [9.17, 15) is 19.5 Å². The summed E-state index contributed by atoms with van der Waals surface area (Å²) in [6.45, 7) is 10.1.